The topological polar surface area (TPSA) is 70.4 Å². The summed E-state index contributed by atoms with van der Waals surface area (Å²) in [5.74, 6) is -0.675. The number of methoxy groups -OCH3 is 1. The first-order valence-electron chi connectivity index (χ1n) is 11.1. The van der Waals surface area contributed by atoms with Gasteiger partial charge in [-0.05, 0) is 35.2 Å². The predicted octanol–water partition coefficient (Wildman–Crippen LogP) is 5.28. The van der Waals surface area contributed by atoms with Crippen LogP contribution in [-0.2, 0) is 24.8 Å². The standard InChI is InChI=1S/C28H25BrN2O4/c1-31-26(23(17-19-9-5-3-6-10-19)21-13-15-22(29)16-14-21)30-24(28(33)34-2)25(27(31)32)35-18-20-11-7-4-8-12-20/h3-16,23H,17-18H2,1-2H3. The Kier molecular flexibility index (Phi) is 7.77. The first-order valence-corrected chi connectivity index (χ1v) is 11.9. The smallest absolute Gasteiger partial charge is 0.360 e. The summed E-state index contributed by atoms with van der Waals surface area (Å²) in [6.45, 7) is 0.126. The SMILES string of the molecule is COC(=O)c1nc(C(Cc2ccccc2)c2ccc(Br)cc2)n(C)c(=O)c1OCc1ccccc1. The fourth-order valence-corrected chi connectivity index (χ4v) is 4.17. The van der Waals surface area contributed by atoms with Crippen molar-refractivity contribution in [3.8, 4) is 5.75 Å². The van der Waals surface area contributed by atoms with Crippen molar-refractivity contribution in [1.82, 2.24) is 9.55 Å². The van der Waals surface area contributed by atoms with Gasteiger partial charge >= 0.3 is 5.97 Å². The molecule has 1 atom stereocenters. The molecule has 0 saturated heterocycles. The van der Waals surface area contributed by atoms with Crippen LogP contribution in [0.2, 0.25) is 0 Å². The van der Waals surface area contributed by atoms with E-state index in [9.17, 15) is 9.59 Å². The van der Waals surface area contributed by atoms with Crippen LogP contribution < -0.4 is 10.3 Å². The second kappa shape index (κ2) is 11.1. The zero-order valence-corrected chi connectivity index (χ0v) is 21.1. The molecule has 0 aliphatic carbocycles. The van der Waals surface area contributed by atoms with Gasteiger partial charge in [0.15, 0.2) is 5.69 Å². The minimum absolute atomic E-state index is 0.124. The molecule has 1 unspecified atom stereocenters. The largest absolute Gasteiger partial charge is 0.481 e. The van der Waals surface area contributed by atoms with Crippen LogP contribution in [0.15, 0.2) is 94.2 Å². The molecule has 0 bridgehead atoms. The van der Waals surface area contributed by atoms with E-state index in [0.29, 0.717) is 12.2 Å². The number of hydrogen-bond acceptors (Lipinski definition) is 5. The summed E-state index contributed by atoms with van der Waals surface area (Å²) < 4.78 is 13.2. The average molecular weight is 533 g/mol. The molecule has 1 aromatic heterocycles. The predicted molar refractivity (Wildman–Crippen MR) is 138 cm³/mol. The maximum Gasteiger partial charge on any atom is 0.360 e. The Labute approximate surface area is 212 Å². The van der Waals surface area contributed by atoms with Crippen molar-refractivity contribution in [1.29, 1.82) is 0 Å². The van der Waals surface area contributed by atoms with E-state index >= 15 is 0 Å². The normalized spacial score (nSPS) is 11.6. The number of hydrogen-bond donors (Lipinski definition) is 0. The number of nitrogens with zero attached hydrogens (tertiary/aromatic N) is 2. The summed E-state index contributed by atoms with van der Waals surface area (Å²) >= 11 is 3.48. The molecular weight excluding hydrogens is 508 g/mol. The maximum absolute atomic E-state index is 13.5. The number of ether oxygens (including phenoxy) is 2. The van der Waals surface area contributed by atoms with Crippen LogP contribution in [0.1, 0.15) is 38.9 Å². The molecule has 0 aliphatic rings. The third-order valence-electron chi connectivity index (χ3n) is 5.76. The molecule has 0 spiro atoms. The number of carbonyl (C=O) groups excluding carboxylic acids is 1. The Morgan fingerprint density at radius 1 is 0.943 bits per heavy atom. The quantitative estimate of drug-likeness (QED) is 0.288. The summed E-state index contributed by atoms with van der Waals surface area (Å²) in [5, 5.41) is 0. The second-order valence-electron chi connectivity index (χ2n) is 8.07. The van der Waals surface area contributed by atoms with E-state index < -0.39 is 11.5 Å². The van der Waals surface area contributed by atoms with E-state index in [0.717, 1.165) is 21.2 Å². The van der Waals surface area contributed by atoms with Crippen LogP contribution in [0.4, 0.5) is 0 Å². The van der Waals surface area contributed by atoms with Crippen molar-refractivity contribution < 1.29 is 14.3 Å². The van der Waals surface area contributed by atoms with Gasteiger partial charge < -0.3 is 9.47 Å². The fraction of sp³-hybridized carbons (Fsp3) is 0.179. The molecule has 4 rings (SSSR count). The van der Waals surface area contributed by atoms with Crippen LogP contribution in [0.25, 0.3) is 0 Å². The lowest BCUT2D eigenvalue weighted by molar-refractivity contribution is 0.0586. The van der Waals surface area contributed by atoms with Crippen molar-refractivity contribution in [2.45, 2.75) is 18.9 Å². The minimum atomic E-state index is -0.721. The van der Waals surface area contributed by atoms with E-state index in [1.165, 1.54) is 11.7 Å². The highest BCUT2D eigenvalue weighted by Crippen LogP contribution is 2.29. The third-order valence-corrected chi connectivity index (χ3v) is 6.28. The van der Waals surface area contributed by atoms with Gasteiger partial charge in [-0.2, -0.15) is 0 Å². The number of rotatable bonds is 8. The van der Waals surface area contributed by atoms with E-state index in [4.69, 9.17) is 9.47 Å². The zero-order valence-electron chi connectivity index (χ0n) is 19.5. The highest BCUT2D eigenvalue weighted by atomic mass is 79.9. The molecule has 3 aromatic carbocycles. The molecule has 0 N–H and O–H groups in total. The maximum atomic E-state index is 13.5. The van der Waals surface area contributed by atoms with Crippen molar-refractivity contribution in [3.05, 3.63) is 128 Å². The van der Waals surface area contributed by atoms with Crippen molar-refractivity contribution in [2.24, 2.45) is 7.05 Å². The molecule has 1 heterocycles. The van der Waals surface area contributed by atoms with Crippen molar-refractivity contribution in [2.75, 3.05) is 7.11 Å². The van der Waals surface area contributed by atoms with Crippen molar-refractivity contribution >= 4 is 21.9 Å². The lowest BCUT2D eigenvalue weighted by atomic mass is 9.91. The van der Waals surface area contributed by atoms with Gasteiger partial charge in [0.1, 0.15) is 12.4 Å². The highest BCUT2D eigenvalue weighted by molar-refractivity contribution is 9.10. The number of esters is 1. The van der Waals surface area contributed by atoms with Gasteiger partial charge in [0.05, 0.1) is 7.11 Å². The Morgan fingerprint density at radius 3 is 2.14 bits per heavy atom. The number of benzene rings is 3. The Balaban J connectivity index is 1.82. The molecule has 0 fully saturated rings. The van der Waals surface area contributed by atoms with E-state index in [1.807, 2.05) is 84.9 Å². The highest BCUT2D eigenvalue weighted by Gasteiger charge is 2.27. The van der Waals surface area contributed by atoms with Crippen LogP contribution >= 0.6 is 15.9 Å². The number of aromatic nitrogens is 2. The molecule has 4 aromatic rings. The molecule has 0 saturated carbocycles. The first-order chi connectivity index (χ1) is 17.0. The summed E-state index contributed by atoms with van der Waals surface area (Å²) in [6, 6.07) is 27.3. The van der Waals surface area contributed by atoms with Crippen LogP contribution in [0.3, 0.4) is 0 Å². The summed E-state index contributed by atoms with van der Waals surface area (Å²) in [6.07, 6.45) is 0.591. The van der Waals surface area contributed by atoms with Crippen LogP contribution in [-0.4, -0.2) is 22.6 Å². The average Bonchev–Trinajstić information content (AvgIpc) is 2.89. The van der Waals surface area contributed by atoms with Gasteiger partial charge in [-0.25, -0.2) is 9.78 Å². The zero-order chi connectivity index (χ0) is 24.8. The van der Waals surface area contributed by atoms with E-state index in [-0.39, 0.29) is 24.0 Å². The van der Waals surface area contributed by atoms with Gasteiger partial charge in [-0.15, -0.1) is 0 Å². The molecule has 178 valence electrons. The van der Waals surface area contributed by atoms with Gasteiger partial charge in [0, 0.05) is 17.4 Å². The molecule has 0 aliphatic heterocycles. The van der Waals surface area contributed by atoms with Gasteiger partial charge in [-0.3, -0.25) is 9.36 Å². The van der Waals surface area contributed by atoms with Gasteiger partial charge in [0.2, 0.25) is 5.75 Å². The van der Waals surface area contributed by atoms with Gasteiger partial charge in [-0.1, -0.05) is 88.7 Å². The lowest BCUT2D eigenvalue weighted by Crippen LogP contribution is -2.30. The van der Waals surface area contributed by atoms with Gasteiger partial charge in [0.25, 0.3) is 5.56 Å². The Bertz CT molecular complexity index is 1350. The third kappa shape index (κ3) is 5.69. The van der Waals surface area contributed by atoms with Crippen molar-refractivity contribution in [3.63, 3.8) is 0 Å². The molecule has 0 amide bonds. The second-order valence-corrected chi connectivity index (χ2v) is 8.99. The monoisotopic (exact) mass is 532 g/mol. The first kappa shape index (κ1) is 24.4. The molecule has 0 radical (unpaired) electrons. The molecule has 6 nitrogen and oxygen atoms in total. The Morgan fingerprint density at radius 2 is 1.54 bits per heavy atom. The fourth-order valence-electron chi connectivity index (χ4n) is 3.91. The minimum Gasteiger partial charge on any atom is -0.481 e. The number of carbonyl (C=O) groups is 1. The van der Waals surface area contributed by atoms with Crippen LogP contribution in [0, 0.1) is 0 Å². The summed E-state index contributed by atoms with van der Waals surface area (Å²) in [5.41, 5.74) is 2.34. The lowest BCUT2D eigenvalue weighted by Gasteiger charge is -2.22. The van der Waals surface area contributed by atoms with Crippen LogP contribution in [0.5, 0.6) is 5.75 Å². The summed E-state index contributed by atoms with van der Waals surface area (Å²) in [4.78, 5) is 30.8. The Hall–Kier alpha value is -3.71. The molecule has 7 heteroatoms. The number of halogens is 1. The summed E-state index contributed by atoms with van der Waals surface area (Å²) in [7, 11) is 2.91. The van der Waals surface area contributed by atoms with E-state index in [2.05, 4.69) is 20.9 Å². The van der Waals surface area contributed by atoms with E-state index in [1.54, 1.807) is 7.05 Å². The molecule has 35 heavy (non-hydrogen) atoms. The molecular formula is C28H25BrN2O4.